The zero-order valence-electron chi connectivity index (χ0n) is 8.32. The topological polar surface area (TPSA) is 55.1 Å². The summed E-state index contributed by atoms with van der Waals surface area (Å²) in [5.74, 6) is -1.06. The van der Waals surface area contributed by atoms with E-state index in [-0.39, 0.29) is 10.7 Å². The number of halogens is 1. The summed E-state index contributed by atoms with van der Waals surface area (Å²) in [6.07, 6.45) is 7.39. The minimum Gasteiger partial charge on any atom is -0.476 e. The maximum absolute atomic E-state index is 10.8. The van der Waals surface area contributed by atoms with Crippen molar-refractivity contribution >= 4 is 17.6 Å². The van der Waals surface area contributed by atoms with Crippen LogP contribution in [0.15, 0.2) is 6.20 Å². The molecule has 0 aromatic carbocycles. The van der Waals surface area contributed by atoms with Crippen LogP contribution in [0.25, 0.3) is 0 Å². The number of aromatic carboxylic acids is 1. The van der Waals surface area contributed by atoms with Gasteiger partial charge in [-0.05, 0) is 12.8 Å². The zero-order chi connectivity index (χ0) is 10.8. The van der Waals surface area contributed by atoms with Crippen LogP contribution in [-0.2, 0) is 0 Å². The number of carboxylic acids is 1. The zero-order valence-corrected chi connectivity index (χ0v) is 9.07. The molecule has 1 aromatic heterocycles. The Labute approximate surface area is 92.8 Å². The van der Waals surface area contributed by atoms with E-state index in [9.17, 15) is 4.79 Å². The predicted molar refractivity (Wildman–Crippen MR) is 56.3 cm³/mol. The molecule has 0 saturated heterocycles. The van der Waals surface area contributed by atoms with Gasteiger partial charge in [0.05, 0.1) is 11.1 Å². The highest BCUT2D eigenvalue weighted by atomic mass is 35.5. The first kappa shape index (κ1) is 10.5. The summed E-state index contributed by atoms with van der Waals surface area (Å²) in [5.41, 5.74) is -0.0396. The Hall–Kier alpha value is -1.03. The van der Waals surface area contributed by atoms with E-state index >= 15 is 0 Å². The molecule has 2 rings (SSSR count). The molecule has 1 aromatic rings. The lowest BCUT2D eigenvalue weighted by Crippen LogP contribution is -2.14. The molecule has 4 nitrogen and oxygen atoms in total. The van der Waals surface area contributed by atoms with Crippen molar-refractivity contribution < 1.29 is 9.90 Å². The van der Waals surface area contributed by atoms with Gasteiger partial charge in [-0.1, -0.05) is 30.9 Å². The van der Waals surface area contributed by atoms with Gasteiger partial charge < -0.3 is 5.11 Å². The lowest BCUT2D eigenvalue weighted by Gasteiger charge is -2.21. The Morgan fingerprint density at radius 3 is 2.67 bits per heavy atom. The van der Waals surface area contributed by atoms with Crippen molar-refractivity contribution in [3.05, 3.63) is 16.9 Å². The van der Waals surface area contributed by atoms with Crippen LogP contribution in [0.5, 0.6) is 0 Å². The Kier molecular flexibility index (Phi) is 2.95. The second kappa shape index (κ2) is 4.23. The van der Waals surface area contributed by atoms with E-state index in [1.807, 2.05) is 0 Å². The molecular formula is C10H13ClN2O2. The van der Waals surface area contributed by atoms with Crippen LogP contribution in [-0.4, -0.2) is 20.9 Å². The van der Waals surface area contributed by atoms with Crippen LogP contribution >= 0.6 is 11.6 Å². The lowest BCUT2D eigenvalue weighted by molar-refractivity contribution is 0.0689. The van der Waals surface area contributed by atoms with E-state index in [1.54, 1.807) is 10.9 Å². The molecular weight excluding hydrogens is 216 g/mol. The SMILES string of the molecule is O=C(O)c1nn(C2CCCCC2)cc1Cl. The molecule has 0 amide bonds. The molecule has 15 heavy (non-hydrogen) atoms. The monoisotopic (exact) mass is 228 g/mol. The van der Waals surface area contributed by atoms with E-state index in [0.29, 0.717) is 6.04 Å². The quantitative estimate of drug-likeness (QED) is 0.847. The van der Waals surface area contributed by atoms with Crippen molar-refractivity contribution in [3.63, 3.8) is 0 Å². The van der Waals surface area contributed by atoms with E-state index in [4.69, 9.17) is 16.7 Å². The number of carboxylic acid groups (broad SMARTS) is 1. The van der Waals surface area contributed by atoms with Gasteiger partial charge in [0.25, 0.3) is 0 Å². The molecule has 1 aliphatic rings. The lowest BCUT2D eigenvalue weighted by atomic mass is 9.96. The molecule has 5 heteroatoms. The van der Waals surface area contributed by atoms with E-state index in [1.165, 1.54) is 19.3 Å². The van der Waals surface area contributed by atoms with Crippen molar-refractivity contribution in [2.45, 2.75) is 38.1 Å². The third-order valence-electron chi connectivity index (χ3n) is 2.84. The summed E-state index contributed by atoms with van der Waals surface area (Å²) >= 11 is 5.79. The first-order valence-electron chi connectivity index (χ1n) is 5.16. The number of nitrogens with zero attached hydrogens (tertiary/aromatic N) is 2. The molecule has 1 fully saturated rings. The number of aromatic nitrogens is 2. The summed E-state index contributed by atoms with van der Waals surface area (Å²) in [6, 6.07) is 0.323. The van der Waals surface area contributed by atoms with Crippen molar-refractivity contribution in [2.75, 3.05) is 0 Å². The molecule has 0 aliphatic heterocycles. The molecule has 82 valence electrons. The number of rotatable bonds is 2. The average molecular weight is 229 g/mol. The van der Waals surface area contributed by atoms with Crippen LogP contribution in [0.1, 0.15) is 48.6 Å². The largest absolute Gasteiger partial charge is 0.476 e. The van der Waals surface area contributed by atoms with Gasteiger partial charge in [0.1, 0.15) is 0 Å². The third kappa shape index (κ3) is 2.15. The van der Waals surface area contributed by atoms with Crippen molar-refractivity contribution in [3.8, 4) is 0 Å². The molecule has 0 bridgehead atoms. The van der Waals surface area contributed by atoms with Crippen LogP contribution in [0.4, 0.5) is 0 Å². The maximum Gasteiger partial charge on any atom is 0.357 e. The standard InChI is InChI=1S/C10H13ClN2O2/c11-8-6-13(12-9(8)10(14)15)7-4-2-1-3-5-7/h6-7H,1-5H2,(H,14,15). The fourth-order valence-electron chi connectivity index (χ4n) is 2.05. The van der Waals surface area contributed by atoms with E-state index in [0.717, 1.165) is 12.8 Å². The predicted octanol–water partition coefficient (Wildman–Crippen LogP) is 2.74. The van der Waals surface area contributed by atoms with Gasteiger partial charge >= 0.3 is 5.97 Å². The Bertz CT molecular complexity index is 369. The summed E-state index contributed by atoms with van der Waals surface area (Å²) < 4.78 is 1.71. The van der Waals surface area contributed by atoms with Gasteiger partial charge in [-0.25, -0.2) is 4.79 Å². The van der Waals surface area contributed by atoms with Gasteiger partial charge in [0.2, 0.25) is 0 Å². The minimum atomic E-state index is -1.06. The molecule has 0 spiro atoms. The van der Waals surface area contributed by atoms with Gasteiger partial charge in [-0.3, -0.25) is 4.68 Å². The average Bonchev–Trinajstić information content (AvgIpc) is 2.62. The number of hydrogen-bond acceptors (Lipinski definition) is 2. The number of carbonyl (C=O) groups is 1. The first-order chi connectivity index (χ1) is 7.18. The molecule has 1 N–H and O–H groups in total. The minimum absolute atomic E-state index is 0.0396. The Morgan fingerprint density at radius 1 is 1.47 bits per heavy atom. The summed E-state index contributed by atoms with van der Waals surface area (Å²) in [4.78, 5) is 10.8. The fraction of sp³-hybridized carbons (Fsp3) is 0.600. The Morgan fingerprint density at radius 2 is 2.13 bits per heavy atom. The van der Waals surface area contributed by atoms with Crippen molar-refractivity contribution in [2.24, 2.45) is 0 Å². The number of hydrogen-bond donors (Lipinski definition) is 1. The maximum atomic E-state index is 10.8. The summed E-state index contributed by atoms with van der Waals surface area (Å²) in [7, 11) is 0. The molecule has 0 unspecified atom stereocenters. The highest BCUT2D eigenvalue weighted by molar-refractivity contribution is 6.33. The molecule has 1 saturated carbocycles. The van der Waals surface area contributed by atoms with Gasteiger partial charge in [-0.15, -0.1) is 0 Å². The smallest absolute Gasteiger partial charge is 0.357 e. The fourth-order valence-corrected chi connectivity index (χ4v) is 2.27. The van der Waals surface area contributed by atoms with Crippen LogP contribution in [0.2, 0.25) is 5.02 Å². The highest BCUT2D eigenvalue weighted by Gasteiger charge is 2.20. The van der Waals surface area contributed by atoms with Crippen LogP contribution in [0, 0.1) is 0 Å². The summed E-state index contributed by atoms with van der Waals surface area (Å²) in [5, 5.41) is 13.1. The Balaban J connectivity index is 2.21. The van der Waals surface area contributed by atoms with E-state index in [2.05, 4.69) is 5.10 Å². The van der Waals surface area contributed by atoms with Gasteiger partial charge in [0.15, 0.2) is 5.69 Å². The summed E-state index contributed by atoms with van der Waals surface area (Å²) in [6.45, 7) is 0. The molecule has 1 heterocycles. The van der Waals surface area contributed by atoms with Gasteiger partial charge in [0, 0.05) is 6.20 Å². The van der Waals surface area contributed by atoms with Crippen molar-refractivity contribution in [1.82, 2.24) is 9.78 Å². The molecule has 0 atom stereocenters. The molecule has 1 aliphatic carbocycles. The highest BCUT2D eigenvalue weighted by Crippen LogP contribution is 2.29. The van der Waals surface area contributed by atoms with E-state index < -0.39 is 5.97 Å². The van der Waals surface area contributed by atoms with Crippen molar-refractivity contribution in [1.29, 1.82) is 0 Å². The van der Waals surface area contributed by atoms with Crippen LogP contribution < -0.4 is 0 Å². The first-order valence-corrected chi connectivity index (χ1v) is 5.54. The second-order valence-electron chi connectivity index (χ2n) is 3.90. The van der Waals surface area contributed by atoms with Gasteiger partial charge in [-0.2, -0.15) is 5.10 Å². The van der Waals surface area contributed by atoms with Crippen LogP contribution in [0.3, 0.4) is 0 Å². The molecule has 0 radical (unpaired) electrons. The second-order valence-corrected chi connectivity index (χ2v) is 4.31. The third-order valence-corrected chi connectivity index (χ3v) is 3.12. The normalized spacial score (nSPS) is 17.9.